The molecule has 0 saturated carbocycles. The molecule has 2 aromatic rings. The third kappa shape index (κ3) is 3.58. The Labute approximate surface area is 131 Å². The number of anilines is 1. The lowest BCUT2D eigenvalue weighted by Gasteiger charge is -2.17. The molecule has 0 aliphatic heterocycles. The highest BCUT2D eigenvalue weighted by Gasteiger charge is 2.20. The number of rotatable bonds is 6. The normalized spacial score (nSPS) is 11.6. The zero-order valence-electron chi connectivity index (χ0n) is 13.1. The predicted molar refractivity (Wildman–Crippen MR) is 87.6 cm³/mol. The van der Waals surface area contributed by atoms with Gasteiger partial charge < -0.3 is 14.8 Å². The second-order valence-electron chi connectivity index (χ2n) is 4.93. The Balaban J connectivity index is 2.23. The number of amides is 1. The molecule has 4 nitrogen and oxygen atoms in total. The Morgan fingerprint density at radius 2 is 1.82 bits per heavy atom. The molecule has 0 bridgehead atoms. The third-order valence-corrected chi connectivity index (χ3v) is 3.59. The molecule has 0 heterocycles. The highest BCUT2D eigenvalue weighted by molar-refractivity contribution is 5.97. The number of carbonyl (C=O) groups excluding carboxylic acids is 1. The van der Waals surface area contributed by atoms with E-state index < -0.39 is 0 Å². The molecule has 0 saturated heterocycles. The van der Waals surface area contributed by atoms with Crippen molar-refractivity contribution in [1.29, 1.82) is 0 Å². The van der Waals surface area contributed by atoms with Gasteiger partial charge >= 0.3 is 0 Å². The Hall–Kier alpha value is -2.49. The minimum Gasteiger partial charge on any atom is -0.497 e. The molecule has 1 amide bonds. The van der Waals surface area contributed by atoms with Crippen molar-refractivity contribution in [1.82, 2.24) is 0 Å². The molecule has 1 N–H and O–H groups in total. The van der Waals surface area contributed by atoms with Crippen molar-refractivity contribution in [3.05, 3.63) is 54.1 Å². The SMILES string of the molecule is CC[C@@H](C(=O)Nc1cc(OC)ccc1OC)c1ccccc1. The lowest BCUT2D eigenvalue weighted by Crippen LogP contribution is -2.21. The summed E-state index contributed by atoms with van der Waals surface area (Å²) in [5.41, 5.74) is 1.62. The predicted octanol–water partition coefficient (Wildman–Crippen LogP) is 3.84. The van der Waals surface area contributed by atoms with Crippen LogP contribution in [0.2, 0.25) is 0 Å². The van der Waals surface area contributed by atoms with Crippen LogP contribution < -0.4 is 14.8 Å². The maximum atomic E-state index is 12.6. The molecular formula is C18H21NO3. The summed E-state index contributed by atoms with van der Waals surface area (Å²) in [4.78, 5) is 12.6. The monoisotopic (exact) mass is 299 g/mol. The molecule has 4 heteroatoms. The summed E-state index contributed by atoms with van der Waals surface area (Å²) in [6.07, 6.45) is 0.724. The fraction of sp³-hybridized carbons (Fsp3) is 0.278. The lowest BCUT2D eigenvalue weighted by molar-refractivity contribution is -0.117. The van der Waals surface area contributed by atoms with E-state index >= 15 is 0 Å². The van der Waals surface area contributed by atoms with Crippen molar-refractivity contribution in [3.63, 3.8) is 0 Å². The molecule has 0 spiro atoms. The maximum Gasteiger partial charge on any atom is 0.232 e. The number of hydrogen-bond donors (Lipinski definition) is 1. The topological polar surface area (TPSA) is 47.6 Å². The molecule has 0 radical (unpaired) electrons. The molecule has 2 rings (SSSR count). The molecule has 116 valence electrons. The Bertz CT molecular complexity index is 625. The summed E-state index contributed by atoms with van der Waals surface area (Å²) in [5, 5.41) is 2.94. The van der Waals surface area contributed by atoms with E-state index in [9.17, 15) is 4.79 Å². The zero-order chi connectivity index (χ0) is 15.9. The van der Waals surface area contributed by atoms with E-state index in [4.69, 9.17) is 9.47 Å². The number of methoxy groups -OCH3 is 2. The van der Waals surface area contributed by atoms with Crippen molar-refractivity contribution in [2.75, 3.05) is 19.5 Å². The third-order valence-electron chi connectivity index (χ3n) is 3.59. The van der Waals surface area contributed by atoms with Crippen LogP contribution in [0.15, 0.2) is 48.5 Å². The van der Waals surface area contributed by atoms with Crippen LogP contribution in [0.3, 0.4) is 0 Å². The van der Waals surface area contributed by atoms with Gasteiger partial charge in [-0.15, -0.1) is 0 Å². The van der Waals surface area contributed by atoms with E-state index in [2.05, 4.69) is 5.32 Å². The van der Waals surface area contributed by atoms with Gasteiger partial charge in [-0.3, -0.25) is 4.79 Å². The summed E-state index contributed by atoms with van der Waals surface area (Å²) in [7, 11) is 3.16. The summed E-state index contributed by atoms with van der Waals surface area (Å²) in [6, 6.07) is 15.1. The van der Waals surface area contributed by atoms with Crippen LogP contribution in [0.4, 0.5) is 5.69 Å². The van der Waals surface area contributed by atoms with Gasteiger partial charge in [0, 0.05) is 6.07 Å². The van der Waals surface area contributed by atoms with Crippen LogP contribution in [-0.2, 0) is 4.79 Å². The zero-order valence-corrected chi connectivity index (χ0v) is 13.1. The van der Waals surface area contributed by atoms with Gasteiger partial charge in [0.1, 0.15) is 11.5 Å². The average Bonchev–Trinajstić information content (AvgIpc) is 2.56. The van der Waals surface area contributed by atoms with Gasteiger partial charge in [-0.1, -0.05) is 37.3 Å². The summed E-state index contributed by atoms with van der Waals surface area (Å²) < 4.78 is 10.5. The highest BCUT2D eigenvalue weighted by atomic mass is 16.5. The Morgan fingerprint density at radius 3 is 2.41 bits per heavy atom. The fourth-order valence-corrected chi connectivity index (χ4v) is 2.39. The fourth-order valence-electron chi connectivity index (χ4n) is 2.39. The van der Waals surface area contributed by atoms with Crippen LogP contribution in [0.25, 0.3) is 0 Å². The number of benzene rings is 2. The first kappa shape index (κ1) is 15.9. The van der Waals surface area contributed by atoms with Crippen molar-refractivity contribution in [3.8, 4) is 11.5 Å². The second-order valence-corrected chi connectivity index (χ2v) is 4.93. The van der Waals surface area contributed by atoms with Gasteiger partial charge in [-0.25, -0.2) is 0 Å². The van der Waals surface area contributed by atoms with Gasteiger partial charge in [0.15, 0.2) is 0 Å². The minimum atomic E-state index is -0.197. The van der Waals surface area contributed by atoms with E-state index in [0.29, 0.717) is 17.2 Å². The van der Waals surface area contributed by atoms with E-state index in [-0.39, 0.29) is 11.8 Å². The highest BCUT2D eigenvalue weighted by Crippen LogP contribution is 2.30. The van der Waals surface area contributed by atoms with Crippen LogP contribution in [0.5, 0.6) is 11.5 Å². The Morgan fingerprint density at radius 1 is 1.09 bits per heavy atom. The smallest absolute Gasteiger partial charge is 0.232 e. The number of carbonyl (C=O) groups is 1. The largest absolute Gasteiger partial charge is 0.497 e. The van der Waals surface area contributed by atoms with Crippen molar-refractivity contribution < 1.29 is 14.3 Å². The molecule has 0 unspecified atom stereocenters. The van der Waals surface area contributed by atoms with E-state index in [1.54, 1.807) is 32.4 Å². The first-order chi connectivity index (χ1) is 10.7. The average molecular weight is 299 g/mol. The first-order valence-electron chi connectivity index (χ1n) is 7.27. The van der Waals surface area contributed by atoms with Crippen LogP contribution >= 0.6 is 0 Å². The standard InChI is InChI=1S/C18H21NO3/c1-4-15(13-8-6-5-7-9-13)18(20)19-16-12-14(21-2)10-11-17(16)22-3/h5-12,15H,4H2,1-3H3,(H,19,20)/t15-/m1/s1. The van der Waals surface area contributed by atoms with Crippen LogP contribution in [0.1, 0.15) is 24.8 Å². The van der Waals surface area contributed by atoms with Crippen molar-refractivity contribution in [2.45, 2.75) is 19.3 Å². The van der Waals surface area contributed by atoms with Gasteiger partial charge in [0.05, 0.1) is 25.8 Å². The molecule has 0 aromatic heterocycles. The minimum absolute atomic E-state index is 0.0553. The van der Waals surface area contributed by atoms with Gasteiger partial charge in [-0.05, 0) is 24.1 Å². The summed E-state index contributed by atoms with van der Waals surface area (Å²) >= 11 is 0. The van der Waals surface area contributed by atoms with Gasteiger partial charge in [0.2, 0.25) is 5.91 Å². The van der Waals surface area contributed by atoms with Gasteiger partial charge in [-0.2, -0.15) is 0 Å². The van der Waals surface area contributed by atoms with Crippen molar-refractivity contribution >= 4 is 11.6 Å². The van der Waals surface area contributed by atoms with E-state index in [1.165, 1.54) is 0 Å². The number of ether oxygens (including phenoxy) is 2. The lowest BCUT2D eigenvalue weighted by atomic mass is 9.95. The van der Waals surface area contributed by atoms with Gasteiger partial charge in [0.25, 0.3) is 0 Å². The quantitative estimate of drug-likeness (QED) is 0.881. The molecule has 0 aliphatic rings. The molecular weight excluding hydrogens is 278 g/mol. The molecule has 0 fully saturated rings. The number of nitrogens with one attached hydrogen (secondary N) is 1. The van der Waals surface area contributed by atoms with Crippen LogP contribution in [0, 0.1) is 0 Å². The Kier molecular flexibility index (Phi) is 5.42. The number of hydrogen-bond acceptors (Lipinski definition) is 3. The summed E-state index contributed by atoms with van der Waals surface area (Å²) in [6.45, 7) is 2.00. The molecule has 2 aromatic carbocycles. The maximum absolute atomic E-state index is 12.6. The molecule has 0 aliphatic carbocycles. The summed E-state index contributed by atoms with van der Waals surface area (Å²) in [5.74, 6) is 1.03. The van der Waals surface area contributed by atoms with E-state index in [0.717, 1.165) is 12.0 Å². The van der Waals surface area contributed by atoms with Crippen LogP contribution in [-0.4, -0.2) is 20.1 Å². The van der Waals surface area contributed by atoms with E-state index in [1.807, 2.05) is 37.3 Å². The second kappa shape index (κ2) is 7.50. The molecule has 1 atom stereocenters. The molecule has 22 heavy (non-hydrogen) atoms. The first-order valence-corrected chi connectivity index (χ1v) is 7.27. The van der Waals surface area contributed by atoms with Crippen molar-refractivity contribution in [2.24, 2.45) is 0 Å².